The molecule has 0 aliphatic heterocycles. The van der Waals surface area contributed by atoms with Crippen LogP contribution in [0, 0.1) is 11.3 Å². The molecule has 2 aromatic carbocycles. The number of rotatable bonds is 6. The summed E-state index contributed by atoms with van der Waals surface area (Å²) in [5, 5.41) is 18.1. The Hall–Kier alpha value is -2.84. The van der Waals surface area contributed by atoms with Gasteiger partial charge < -0.3 is 14.7 Å². The molecular formula is C18H18N2O3. The van der Waals surface area contributed by atoms with Crippen LogP contribution in [0.2, 0.25) is 0 Å². The third-order valence-corrected chi connectivity index (χ3v) is 3.47. The molecule has 0 spiro atoms. The van der Waals surface area contributed by atoms with Crippen LogP contribution >= 0.6 is 0 Å². The van der Waals surface area contributed by atoms with Crippen LogP contribution in [-0.4, -0.2) is 36.2 Å². The van der Waals surface area contributed by atoms with Gasteiger partial charge in [0.25, 0.3) is 5.91 Å². The minimum Gasteiger partial charge on any atom is -0.496 e. The van der Waals surface area contributed by atoms with Gasteiger partial charge in [-0.3, -0.25) is 4.79 Å². The molecule has 0 aliphatic rings. The molecule has 118 valence electrons. The van der Waals surface area contributed by atoms with Crippen LogP contribution in [0.3, 0.4) is 0 Å². The summed E-state index contributed by atoms with van der Waals surface area (Å²) in [6, 6.07) is 15.9. The molecule has 23 heavy (non-hydrogen) atoms. The van der Waals surface area contributed by atoms with Gasteiger partial charge >= 0.3 is 0 Å². The van der Waals surface area contributed by atoms with E-state index in [1.165, 1.54) is 0 Å². The van der Waals surface area contributed by atoms with Crippen molar-refractivity contribution < 1.29 is 14.6 Å². The third kappa shape index (κ3) is 4.09. The average molecular weight is 310 g/mol. The van der Waals surface area contributed by atoms with E-state index in [0.717, 1.165) is 5.56 Å². The molecule has 2 aromatic rings. The summed E-state index contributed by atoms with van der Waals surface area (Å²) in [6.45, 7) is 0.428. The van der Waals surface area contributed by atoms with Gasteiger partial charge in [0.15, 0.2) is 0 Å². The first-order chi connectivity index (χ1) is 11.2. The maximum Gasteiger partial charge on any atom is 0.254 e. The summed E-state index contributed by atoms with van der Waals surface area (Å²) in [5.41, 5.74) is 1.85. The predicted octanol–water partition coefficient (Wildman–Crippen LogP) is 2.20. The number of carbonyl (C=O) groups excluding carboxylic acids is 1. The molecule has 0 heterocycles. The van der Waals surface area contributed by atoms with Gasteiger partial charge in [-0.1, -0.05) is 18.2 Å². The smallest absolute Gasteiger partial charge is 0.254 e. The van der Waals surface area contributed by atoms with Crippen molar-refractivity contribution >= 4 is 5.91 Å². The van der Waals surface area contributed by atoms with Crippen LogP contribution in [-0.2, 0) is 6.54 Å². The lowest BCUT2D eigenvalue weighted by Crippen LogP contribution is -2.33. The van der Waals surface area contributed by atoms with Gasteiger partial charge in [-0.05, 0) is 30.3 Å². The fourth-order valence-electron chi connectivity index (χ4n) is 2.28. The van der Waals surface area contributed by atoms with Gasteiger partial charge in [0.2, 0.25) is 0 Å². The summed E-state index contributed by atoms with van der Waals surface area (Å²) in [4.78, 5) is 14.2. The monoisotopic (exact) mass is 310 g/mol. The predicted molar refractivity (Wildman–Crippen MR) is 86.0 cm³/mol. The number of nitrogens with zero attached hydrogens (tertiary/aromatic N) is 2. The summed E-state index contributed by atoms with van der Waals surface area (Å²) in [7, 11) is 1.58. The summed E-state index contributed by atoms with van der Waals surface area (Å²) >= 11 is 0. The molecule has 0 radical (unpaired) electrons. The van der Waals surface area contributed by atoms with Crippen LogP contribution in [0.5, 0.6) is 5.75 Å². The number of hydrogen-bond donors (Lipinski definition) is 1. The first-order valence-corrected chi connectivity index (χ1v) is 7.21. The minimum atomic E-state index is -0.200. The van der Waals surface area contributed by atoms with Crippen LogP contribution < -0.4 is 4.74 Å². The average Bonchev–Trinajstić information content (AvgIpc) is 2.61. The van der Waals surface area contributed by atoms with Crippen LogP contribution in [0.1, 0.15) is 21.5 Å². The molecule has 0 aromatic heterocycles. The first-order valence-electron chi connectivity index (χ1n) is 7.21. The highest BCUT2D eigenvalue weighted by atomic mass is 16.5. The molecule has 0 unspecified atom stereocenters. The number of benzene rings is 2. The van der Waals surface area contributed by atoms with E-state index in [9.17, 15) is 9.90 Å². The van der Waals surface area contributed by atoms with E-state index in [0.29, 0.717) is 23.4 Å². The number of methoxy groups -OCH3 is 1. The zero-order valence-electron chi connectivity index (χ0n) is 12.9. The lowest BCUT2D eigenvalue weighted by atomic mass is 10.1. The SMILES string of the molecule is COc1ccccc1CN(CCO)C(=O)c1ccc(C#N)cc1. The Morgan fingerprint density at radius 2 is 1.91 bits per heavy atom. The number of ether oxygens (including phenoxy) is 1. The van der Waals surface area contributed by atoms with Crippen molar-refractivity contribution in [2.75, 3.05) is 20.3 Å². The number of nitriles is 1. The zero-order valence-corrected chi connectivity index (χ0v) is 12.9. The Balaban J connectivity index is 2.23. The van der Waals surface area contributed by atoms with Crippen LogP contribution in [0.15, 0.2) is 48.5 Å². The van der Waals surface area contributed by atoms with E-state index >= 15 is 0 Å². The topological polar surface area (TPSA) is 73.6 Å². The maximum atomic E-state index is 12.6. The molecule has 0 fully saturated rings. The Kier molecular flexibility index (Phi) is 5.73. The molecule has 0 bridgehead atoms. The molecule has 5 nitrogen and oxygen atoms in total. The summed E-state index contributed by atoms with van der Waals surface area (Å²) < 4.78 is 5.30. The van der Waals surface area contributed by atoms with E-state index < -0.39 is 0 Å². The van der Waals surface area contributed by atoms with E-state index in [-0.39, 0.29) is 19.1 Å². The fourth-order valence-corrected chi connectivity index (χ4v) is 2.28. The van der Waals surface area contributed by atoms with E-state index in [4.69, 9.17) is 10.00 Å². The highest BCUT2D eigenvalue weighted by Gasteiger charge is 2.17. The minimum absolute atomic E-state index is 0.128. The summed E-state index contributed by atoms with van der Waals surface area (Å²) in [6.07, 6.45) is 0. The molecule has 0 saturated heterocycles. The van der Waals surface area contributed by atoms with Crippen molar-refractivity contribution in [1.82, 2.24) is 4.90 Å². The lowest BCUT2D eigenvalue weighted by molar-refractivity contribution is 0.0706. The van der Waals surface area contributed by atoms with Gasteiger partial charge in [-0.15, -0.1) is 0 Å². The molecule has 1 N–H and O–H groups in total. The third-order valence-electron chi connectivity index (χ3n) is 3.47. The van der Waals surface area contributed by atoms with Gasteiger partial charge in [-0.2, -0.15) is 5.26 Å². The van der Waals surface area contributed by atoms with Gasteiger partial charge in [0.1, 0.15) is 5.75 Å². The molecule has 0 atom stereocenters. The van der Waals surface area contributed by atoms with Crippen molar-refractivity contribution in [2.24, 2.45) is 0 Å². The fraction of sp³-hybridized carbons (Fsp3) is 0.222. The number of hydrogen-bond acceptors (Lipinski definition) is 4. The largest absolute Gasteiger partial charge is 0.496 e. The van der Waals surface area contributed by atoms with Crippen LogP contribution in [0.4, 0.5) is 0 Å². The molecule has 0 saturated carbocycles. The first kappa shape index (κ1) is 16.5. The molecule has 2 rings (SSSR count). The molecular weight excluding hydrogens is 292 g/mol. The molecule has 5 heteroatoms. The Morgan fingerprint density at radius 3 is 2.52 bits per heavy atom. The normalized spacial score (nSPS) is 9.96. The number of para-hydroxylation sites is 1. The number of aliphatic hydroxyl groups excluding tert-OH is 1. The highest BCUT2D eigenvalue weighted by Crippen LogP contribution is 2.20. The quantitative estimate of drug-likeness (QED) is 0.887. The second-order valence-corrected chi connectivity index (χ2v) is 4.95. The number of amides is 1. The standard InChI is InChI=1S/C18H18N2O3/c1-23-17-5-3-2-4-16(17)13-20(10-11-21)18(22)15-8-6-14(12-19)7-9-15/h2-9,21H,10-11,13H2,1H3. The molecule has 0 aliphatic carbocycles. The second-order valence-electron chi connectivity index (χ2n) is 4.95. The van der Waals surface area contributed by atoms with Gasteiger partial charge in [-0.25, -0.2) is 0 Å². The van der Waals surface area contributed by atoms with Crippen LogP contribution in [0.25, 0.3) is 0 Å². The number of carbonyl (C=O) groups is 1. The Labute approximate surface area is 135 Å². The zero-order chi connectivity index (χ0) is 16.7. The van der Waals surface area contributed by atoms with E-state index in [1.54, 1.807) is 36.3 Å². The maximum absolute atomic E-state index is 12.6. The van der Waals surface area contributed by atoms with Crippen molar-refractivity contribution in [3.63, 3.8) is 0 Å². The lowest BCUT2D eigenvalue weighted by Gasteiger charge is -2.23. The summed E-state index contributed by atoms with van der Waals surface area (Å²) in [5.74, 6) is 0.498. The Bertz CT molecular complexity index is 705. The van der Waals surface area contributed by atoms with Gasteiger partial charge in [0.05, 0.1) is 25.3 Å². The van der Waals surface area contributed by atoms with Crippen molar-refractivity contribution in [1.29, 1.82) is 5.26 Å². The second kappa shape index (κ2) is 7.97. The van der Waals surface area contributed by atoms with E-state index in [1.807, 2.05) is 30.3 Å². The van der Waals surface area contributed by atoms with Crippen molar-refractivity contribution in [3.8, 4) is 11.8 Å². The van der Waals surface area contributed by atoms with E-state index in [2.05, 4.69) is 0 Å². The number of aliphatic hydroxyl groups is 1. The molecule has 1 amide bonds. The van der Waals surface area contributed by atoms with Crippen molar-refractivity contribution in [3.05, 3.63) is 65.2 Å². The van der Waals surface area contributed by atoms with Crippen molar-refractivity contribution in [2.45, 2.75) is 6.54 Å². The Morgan fingerprint density at radius 1 is 1.22 bits per heavy atom. The highest BCUT2D eigenvalue weighted by molar-refractivity contribution is 5.94. The van der Waals surface area contributed by atoms with Gasteiger partial charge in [0, 0.05) is 24.2 Å².